The van der Waals surface area contributed by atoms with E-state index in [0.717, 1.165) is 5.56 Å². The first-order chi connectivity index (χ1) is 13.6. The van der Waals surface area contributed by atoms with Crippen molar-refractivity contribution in [3.05, 3.63) is 65.9 Å². The number of imidazole rings is 1. The fraction of sp³-hybridized carbons (Fsp3) is 0.200. The van der Waals surface area contributed by atoms with Gasteiger partial charge in [-0.05, 0) is 37.1 Å². The Bertz CT molecular complexity index is 1200. The number of halogens is 2. The maximum absolute atomic E-state index is 13.2. The summed E-state index contributed by atoms with van der Waals surface area (Å²) in [5, 5.41) is 6.86. The molecule has 0 bridgehead atoms. The molecule has 4 aromatic rings. The summed E-state index contributed by atoms with van der Waals surface area (Å²) < 4.78 is 20.1. The number of aromatic nitrogens is 4. The highest BCUT2D eigenvalue weighted by molar-refractivity contribution is 6.04. The number of fused-ring (bicyclic) bond motifs is 1. The van der Waals surface area contributed by atoms with Crippen LogP contribution in [0.4, 0.5) is 10.1 Å². The van der Waals surface area contributed by atoms with E-state index < -0.39 is 6.17 Å². The highest BCUT2D eigenvalue weighted by atomic mass is 35.5. The number of rotatable bonds is 4. The first-order valence-electron chi connectivity index (χ1n) is 8.92. The van der Waals surface area contributed by atoms with Crippen molar-refractivity contribution in [2.24, 2.45) is 0 Å². The predicted molar refractivity (Wildman–Crippen MR) is 107 cm³/mol. The summed E-state index contributed by atoms with van der Waals surface area (Å²) in [5.74, 6) is 0.130. The van der Waals surface area contributed by atoms with Gasteiger partial charge in [0, 0.05) is 17.4 Å². The van der Waals surface area contributed by atoms with Gasteiger partial charge in [0.15, 0.2) is 0 Å². The van der Waals surface area contributed by atoms with Crippen LogP contribution in [0.15, 0.2) is 53.3 Å². The number of benzene rings is 1. The van der Waals surface area contributed by atoms with E-state index in [9.17, 15) is 9.18 Å². The molecule has 9 heteroatoms. The van der Waals surface area contributed by atoms with Gasteiger partial charge in [-0.1, -0.05) is 23.4 Å². The highest BCUT2D eigenvalue weighted by Crippen LogP contribution is 2.43. The van der Waals surface area contributed by atoms with Gasteiger partial charge in [0.2, 0.25) is 11.7 Å². The minimum Gasteiger partial charge on any atom is -0.339 e. The van der Waals surface area contributed by atoms with Crippen molar-refractivity contribution in [2.75, 3.05) is 5.32 Å². The van der Waals surface area contributed by atoms with Crippen LogP contribution >= 0.6 is 12.4 Å². The Balaban J connectivity index is 0.00000205. The molecule has 0 spiro atoms. The van der Waals surface area contributed by atoms with Gasteiger partial charge in [-0.2, -0.15) is 4.98 Å². The average Bonchev–Trinajstić information content (AvgIpc) is 3.12. The molecule has 1 N–H and O–H groups in total. The van der Waals surface area contributed by atoms with Crippen LogP contribution in [-0.2, 0) is 0 Å². The van der Waals surface area contributed by atoms with E-state index in [1.807, 2.05) is 37.3 Å². The number of alkyl halides is 1. The molecular weight excluding hydrogens is 397 g/mol. The van der Waals surface area contributed by atoms with Crippen molar-refractivity contribution in [1.82, 2.24) is 19.5 Å². The van der Waals surface area contributed by atoms with Gasteiger partial charge in [0.05, 0.1) is 12.1 Å². The lowest BCUT2D eigenvalue weighted by atomic mass is 10.1. The van der Waals surface area contributed by atoms with Crippen LogP contribution in [0.1, 0.15) is 34.3 Å². The highest BCUT2D eigenvalue weighted by Gasteiger charge is 2.43. The van der Waals surface area contributed by atoms with Crippen LogP contribution in [0.2, 0.25) is 0 Å². The quantitative estimate of drug-likeness (QED) is 0.542. The normalized spacial score (nSPS) is 17.7. The van der Waals surface area contributed by atoms with Gasteiger partial charge in [-0.25, -0.2) is 9.37 Å². The number of nitrogens with zero attached hydrogens (tertiary/aromatic N) is 4. The number of carbonyl (C=O) groups excluding carboxylic acids is 1. The van der Waals surface area contributed by atoms with Crippen LogP contribution in [0.5, 0.6) is 0 Å². The molecule has 1 saturated carbocycles. The van der Waals surface area contributed by atoms with Crippen LogP contribution in [0.3, 0.4) is 0 Å². The fourth-order valence-corrected chi connectivity index (χ4v) is 3.11. The predicted octanol–water partition coefficient (Wildman–Crippen LogP) is 4.19. The summed E-state index contributed by atoms with van der Waals surface area (Å²) in [4.78, 5) is 21.3. The number of amides is 1. The monoisotopic (exact) mass is 413 g/mol. The summed E-state index contributed by atoms with van der Waals surface area (Å²) in [7, 11) is 0. The first kappa shape index (κ1) is 19.1. The van der Waals surface area contributed by atoms with Crippen molar-refractivity contribution in [1.29, 1.82) is 0 Å². The van der Waals surface area contributed by atoms with Crippen LogP contribution in [-0.4, -0.2) is 31.6 Å². The Hall–Kier alpha value is -3.26. The lowest BCUT2D eigenvalue weighted by Gasteiger charge is -2.09. The number of aryl methyl sites for hydroxylation is 1. The molecule has 3 aromatic heterocycles. The molecule has 29 heavy (non-hydrogen) atoms. The molecule has 5 rings (SSSR count). The molecule has 0 radical (unpaired) electrons. The standard InChI is InChI=1S/C20H16FN5O2.ClH/c1-11-5-6-12(18-24-20(28-25-18)13-9-14(13)21)8-15(11)23-19(27)16-10-22-17-4-2-3-7-26(16)17;/h2-8,10,13-14H,9H2,1H3,(H,23,27);1H/t13-,14-;/m0./s1. The van der Waals surface area contributed by atoms with E-state index in [4.69, 9.17) is 4.52 Å². The zero-order valence-corrected chi connectivity index (χ0v) is 16.2. The summed E-state index contributed by atoms with van der Waals surface area (Å²) >= 11 is 0. The van der Waals surface area contributed by atoms with Crippen LogP contribution in [0, 0.1) is 6.92 Å². The number of hydrogen-bond acceptors (Lipinski definition) is 5. The Morgan fingerprint density at radius 2 is 2.14 bits per heavy atom. The van der Waals surface area contributed by atoms with Crippen molar-refractivity contribution in [3.63, 3.8) is 0 Å². The molecule has 1 aromatic carbocycles. The zero-order chi connectivity index (χ0) is 19.3. The number of nitrogens with one attached hydrogen (secondary N) is 1. The molecule has 1 aliphatic carbocycles. The molecule has 148 valence electrons. The van der Waals surface area contributed by atoms with Crippen molar-refractivity contribution in [3.8, 4) is 11.4 Å². The Morgan fingerprint density at radius 3 is 2.93 bits per heavy atom. The summed E-state index contributed by atoms with van der Waals surface area (Å²) in [6, 6.07) is 11.0. The summed E-state index contributed by atoms with van der Waals surface area (Å²) in [5.41, 5.74) is 3.34. The molecule has 7 nitrogen and oxygen atoms in total. The van der Waals surface area contributed by atoms with E-state index in [2.05, 4.69) is 20.4 Å². The average molecular weight is 414 g/mol. The van der Waals surface area contributed by atoms with E-state index in [1.165, 1.54) is 0 Å². The second kappa shape index (κ2) is 7.29. The molecule has 0 aliphatic heterocycles. The minimum absolute atomic E-state index is 0. The molecule has 1 fully saturated rings. The third-order valence-corrected chi connectivity index (χ3v) is 4.87. The topological polar surface area (TPSA) is 85.3 Å². The van der Waals surface area contributed by atoms with E-state index in [1.54, 1.807) is 22.9 Å². The largest absolute Gasteiger partial charge is 0.339 e. The van der Waals surface area contributed by atoms with Gasteiger partial charge in [-0.15, -0.1) is 12.4 Å². The molecular formula is C20H17ClFN5O2. The third-order valence-electron chi connectivity index (χ3n) is 4.87. The fourth-order valence-electron chi connectivity index (χ4n) is 3.11. The van der Waals surface area contributed by atoms with Crippen LogP contribution in [0.25, 0.3) is 17.0 Å². The van der Waals surface area contributed by atoms with E-state index in [-0.39, 0.29) is 24.2 Å². The smallest absolute Gasteiger partial charge is 0.274 e. The molecule has 2 atom stereocenters. The number of hydrogen-bond donors (Lipinski definition) is 1. The van der Waals surface area contributed by atoms with Gasteiger partial charge < -0.3 is 9.84 Å². The Labute approximate surface area is 171 Å². The van der Waals surface area contributed by atoms with Gasteiger partial charge >= 0.3 is 0 Å². The van der Waals surface area contributed by atoms with E-state index in [0.29, 0.717) is 40.7 Å². The molecule has 0 unspecified atom stereocenters. The van der Waals surface area contributed by atoms with Gasteiger partial charge in [0.25, 0.3) is 5.91 Å². The molecule has 3 heterocycles. The Kier molecular flexibility index (Phi) is 4.79. The second-order valence-electron chi connectivity index (χ2n) is 6.87. The molecule has 0 saturated heterocycles. The number of anilines is 1. The van der Waals surface area contributed by atoms with Crippen molar-refractivity contribution >= 4 is 29.6 Å². The minimum atomic E-state index is -0.897. The first-order valence-corrected chi connectivity index (χ1v) is 8.92. The number of pyridine rings is 1. The van der Waals surface area contributed by atoms with Gasteiger partial charge in [0.1, 0.15) is 17.5 Å². The zero-order valence-electron chi connectivity index (χ0n) is 15.4. The summed E-state index contributed by atoms with van der Waals surface area (Å²) in [6.07, 6.45) is 2.86. The second-order valence-corrected chi connectivity index (χ2v) is 6.87. The third kappa shape index (κ3) is 3.47. The van der Waals surface area contributed by atoms with Gasteiger partial charge in [-0.3, -0.25) is 9.20 Å². The van der Waals surface area contributed by atoms with Crippen molar-refractivity contribution < 1.29 is 13.7 Å². The Morgan fingerprint density at radius 1 is 1.31 bits per heavy atom. The lowest BCUT2D eigenvalue weighted by Crippen LogP contribution is -2.15. The van der Waals surface area contributed by atoms with Crippen LogP contribution < -0.4 is 5.32 Å². The lowest BCUT2D eigenvalue weighted by molar-refractivity contribution is 0.102. The maximum atomic E-state index is 13.2. The van der Waals surface area contributed by atoms with E-state index >= 15 is 0 Å². The van der Waals surface area contributed by atoms with Crippen molar-refractivity contribution in [2.45, 2.75) is 25.4 Å². The summed E-state index contributed by atoms with van der Waals surface area (Å²) in [6.45, 7) is 1.90. The maximum Gasteiger partial charge on any atom is 0.274 e. The number of carbonyl (C=O) groups is 1. The molecule has 1 aliphatic rings. The molecule has 1 amide bonds. The SMILES string of the molecule is Cc1ccc(-c2noc([C@H]3C[C@@H]3F)n2)cc1NC(=O)c1cnc2ccccn12.Cl.